The Bertz CT molecular complexity index is 1290. The molecule has 1 aromatic heterocycles. The van der Waals surface area contributed by atoms with Gasteiger partial charge in [-0.05, 0) is 48.7 Å². The molecule has 168 valence electrons. The van der Waals surface area contributed by atoms with E-state index in [2.05, 4.69) is 0 Å². The molecule has 1 unspecified atom stereocenters. The zero-order valence-corrected chi connectivity index (χ0v) is 19.0. The smallest absolute Gasteiger partial charge is 0.300 e. The van der Waals surface area contributed by atoms with Gasteiger partial charge in [0, 0.05) is 22.2 Å². The van der Waals surface area contributed by atoms with Crippen LogP contribution in [0.5, 0.6) is 17.2 Å². The van der Waals surface area contributed by atoms with Crippen LogP contribution in [0.4, 0.5) is 5.69 Å². The van der Waals surface area contributed by atoms with Crippen LogP contribution in [0.25, 0.3) is 5.76 Å². The number of rotatable bonds is 5. The minimum atomic E-state index is -0.809. The van der Waals surface area contributed by atoms with E-state index in [1.54, 1.807) is 36.4 Å². The maximum absolute atomic E-state index is 13.2. The van der Waals surface area contributed by atoms with Crippen LogP contribution in [-0.4, -0.2) is 30.2 Å². The number of Topliss-reactive ketones (excluding diaryl/α,β-unsaturated/α-hetero) is 1. The molecule has 5 rings (SSSR count). The van der Waals surface area contributed by atoms with Crippen molar-refractivity contribution in [2.75, 3.05) is 18.3 Å². The number of nitrogens with zero attached hydrogens (tertiary/aromatic N) is 1. The first kappa shape index (κ1) is 21.4. The molecule has 2 aromatic carbocycles. The van der Waals surface area contributed by atoms with E-state index in [-0.39, 0.29) is 18.1 Å². The second-order valence-corrected chi connectivity index (χ2v) is 8.69. The lowest BCUT2D eigenvalue weighted by atomic mass is 9.99. The molecule has 0 aliphatic carbocycles. The van der Waals surface area contributed by atoms with E-state index in [0.29, 0.717) is 40.1 Å². The number of aliphatic hydroxyl groups excluding tert-OH is 1. The summed E-state index contributed by atoms with van der Waals surface area (Å²) in [6, 6.07) is 12.6. The number of anilines is 1. The predicted molar refractivity (Wildman–Crippen MR) is 124 cm³/mol. The van der Waals surface area contributed by atoms with Gasteiger partial charge in [0.15, 0.2) is 11.5 Å². The zero-order chi connectivity index (χ0) is 23.1. The van der Waals surface area contributed by atoms with Gasteiger partial charge < -0.3 is 19.3 Å². The number of carbonyl (C=O) groups excluding carboxylic acids is 2. The summed E-state index contributed by atoms with van der Waals surface area (Å²) in [5.41, 5.74) is 0.780. The van der Waals surface area contributed by atoms with E-state index < -0.39 is 17.7 Å². The number of aliphatic hydroxyl groups is 1. The average Bonchev–Trinajstić information content (AvgIpc) is 3.55. The third-order valence-corrected chi connectivity index (χ3v) is 6.63. The Hall–Kier alpha value is -3.49. The first-order valence-electron chi connectivity index (χ1n) is 10.2. The number of fused-ring (bicyclic) bond motifs is 1. The molecule has 1 saturated heterocycles. The first-order chi connectivity index (χ1) is 16.0. The van der Waals surface area contributed by atoms with Gasteiger partial charge >= 0.3 is 0 Å². The number of thiophene rings is 1. The summed E-state index contributed by atoms with van der Waals surface area (Å²) in [5.74, 6) is -0.399. The number of ether oxygens (including phenoxy) is 3. The number of benzene rings is 2. The summed E-state index contributed by atoms with van der Waals surface area (Å²) >= 11 is 7.56. The highest BCUT2D eigenvalue weighted by Gasteiger charge is 2.47. The molecular formula is C24H18ClNO6S. The van der Waals surface area contributed by atoms with Crippen molar-refractivity contribution in [2.24, 2.45) is 0 Å². The third kappa shape index (κ3) is 3.61. The van der Waals surface area contributed by atoms with Gasteiger partial charge in [-0.25, -0.2) is 0 Å². The number of ketones is 1. The molecule has 33 heavy (non-hydrogen) atoms. The van der Waals surface area contributed by atoms with Crippen molar-refractivity contribution in [2.45, 2.75) is 13.0 Å². The van der Waals surface area contributed by atoms with Crippen LogP contribution in [0, 0.1) is 0 Å². The second-order valence-electron chi connectivity index (χ2n) is 7.30. The Morgan fingerprint density at radius 3 is 2.76 bits per heavy atom. The van der Waals surface area contributed by atoms with Gasteiger partial charge in [0.2, 0.25) is 6.79 Å². The molecule has 3 aromatic rings. The Labute approximate surface area is 198 Å². The highest BCUT2D eigenvalue weighted by atomic mass is 35.5. The fourth-order valence-electron chi connectivity index (χ4n) is 3.92. The van der Waals surface area contributed by atoms with Crippen LogP contribution in [0.1, 0.15) is 23.4 Å². The maximum atomic E-state index is 13.2. The molecule has 0 bridgehead atoms. The summed E-state index contributed by atoms with van der Waals surface area (Å²) in [7, 11) is 0. The lowest BCUT2D eigenvalue weighted by Crippen LogP contribution is -2.29. The fraction of sp³-hybridized carbons (Fsp3) is 0.167. The first-order valence-corrected chi connectivity index (χ1v) is 11.4. The predicted octanol–water partition coefficient (Wildman–Crippen LogP) is 5.16. The van der Waals surface area contributed by atoms with Crippen LogP contribution in [0.15, 0.2) is 59.5 Å². The fourth-order valence-corrected chi connectivity index (χ4v) is 4.92. The van der Waals surface area contributed by atoms with E-state index in [1.165, 1.54) is 16.2 Å². The second kappa shape index (κ2) is 8.46. The van der Waals surface area contributed by atoms with Crippen LogP contribution in [0.3, 0.4) is 0 Å². The Balaban J connectivity index is 1.66. The molecule has 0 saturated carbocycles. The molecule has 1 N–H and O–H groups in total. The lowest BCUT2D eigenvalue weighted by molar-refractivity contribution is -0.132. The number of carbonyl (C=O) groups is 2. The van der Waals surface area contributed by atoms with Crippen LogP contribution in [0.2, 0.25) is 5.02 Å². The van der Waals surface area contributed by atoms with Crippen molar-refractivity contribution in [3.63, 3.8) is 0 Å². The summed E-state index contributed by atoms with van der Waals surface area (Å²) in [5, 5.41) is 13.5. The van der Waals surface area contributed by atoms with Gasteiger partial charge in [0.25, 0.3) is 11.7 Å². The number of halogens is 1. The van der Waals surface area contributed by atoms with Crippen LogP contribution < -0.4 is 19.1 Å². The quantitative estimate of drug-likeness (QED) is 0.307. The molecule has 3 heterocycles. The van der Waals surface area contributed by atoms with Crippen molar-refractivity contribution in [3.8, 4) is 17.2 Å². The molecule has 1 fully saturated rings. The van der Waals surface area contributed by atoms with Gasteiger partial charge in [-0.1, -0.05) is 17.7 Å². The molecule has 1 amide bonds. The van der Waals surface area contributed by atoms with Gasteiger partial charge in [0.05, 0.1) is 17.2 Å². The topological polar surface area (TPSA) is 85.3 Å². The maximum Gasteiger partial charge on any atom is 0.300 e. The third-order valence-electron chi connectivity index (χ3n) is 5.40. The molecule has 9 heteroatoms. The van der Waals surface area contributed by atoms with E-state index in [4.69, 9.17) is 25.8 Å². The van der Waals surface area contributed by atoms with E-state index in [1.807, 2.05) is 24.4 Å². The van der Waals surface area contributed by atoms with E-state index >= 15 is 0 Å². The molecular weight excluding hydrogens is 466 g/mol. The largest absolute Gasteiger partial charge is 0.507 e. The lowest BCUT2D eigenvalue weighted by Gasteiger charge is -2.24. The van der Waals surface area contributed by atoms with E-state index in [9.17, 15) is 14.7 Å². The van der Waals surface area contributed by atoms with Crippen molar-refractivity contribution in [3.05, 3.63) is 74.9 Å². The monoisotopic (exact) mass is 483 g/mol. The summed E-state index contributed by atoms with van der Waals surface area (Å²) < 4.78 is 16.3. The van der Waals surface area contributed by atoms with Gasteiger partial charge in [-0.15, -0.1) is 11.3 Å². The van der Waals surface area contributed by atoms with Gasteiger partial charge in [0.1, 0.15) is 17.6 Å². The summed E-state index contributed by atoms with van der Waals surface area (Å²) in [6.07, 6.45) is 0. The summed E-state index contributed by atoms with van der Waals surface area (Å²) in [4.78, 5) is 28.5. The molecule has 7 nitrogen and oxygen atoms in total. The molecule has 2 aliphatic rings. The minimum Gasteiger partial charge on any atom is -0.507 e. The molecule has 2 aliphatic heterocycles. The molecule has 0 spiro atoms. The number of amides is 1. The highest BCUT2D eigenvalue weighted by molar-refractivity contribution is 7.10. The van der Waals surface area contributed by atoms with Crippen LogP contribution in [-0.2, 0) is 9.59 Å². The molecule has 1 atom stereocenters. The SMILES string of the molecule is CCOc1cc(/C(O)=C2/C(=O)C(=O)N(c3ccc4c(c3)OCO4)C2c2cccs2)ccc1Cl. The number of hydrogen-bond acceptors (Lipinski definition) is 7. The normalized spacial score (nSPS) is 18.7. The van der Waals surface area contributed by atoms with Crippen molar-refractivity contribution in [1.82, 2.24) is 0 Å². The Morgan fingerprint density at radius 1 is 1.18 bits per heavy atom. The number of hydrogen-bond donors (Lipinski definition) is 1. The van der Waals surface area contributed by atoms with Crippen molar-refractivity contribution in [1.29, 1.82) is 0 Å². The highest BCUT2D eigenvalue weighted by Crippen LogP contribution is 2.46. The Morgan fingerprint density at radius 2 is 2.00 bits per heavy atom. The van der Waals surface area contributed by atoms with E-state index in [0.717, 1.165) is 4.88 Å². The van der Waals surface area contributed by atoms with Crippen molar-refractivity contribution >= 4 is 46.1 Å². The Kier molecular flexibility index (Phi) is 5.47. The van der Waals surface area contributed by atoms with Crippen LogP contribution >= 0.6 is 22.9 Å². The average molecular weight is 484 g/mol. The molecule has 0 radical (unpaired) electrons. The zero-order valence-electron chi connectivity index (χ0n) is 17.4. The van der Waals surface area contributed by atoms with Gasteiger partial charge in [-0.2, -0.15) is 0 Å². The van der Waals surface area contributed by atoms with Gasteiger partial charge in [-0.3, -0.25) is 14.5 Å². The summed E-state index contributed by atoms with van der Waals surface area (Å²) in [6.45, 7) is 2.29. The standard InChI is InChI=1S/C24H18ClNO6S/c1-2-30-17-10-13(5-7-15(17)25)22(27)20-21(19-4-3-9-33-19)26(24(29)23(20)28)14-6-8-16-18(11-14)32-12-31-16/h3-11,21,27H,2,12H2,1H3/b22-20-. The van der Waals surface area contributed by atoms with Crippen molar-refractivity contribution < 1.29 is 28.9 Å². The minimum absolute atomic E-state index is 0.00936.